The highest BCUT2D eigenvalue weighted by Crippen LogP contribution is 2.11. The molecular formula is C9H10ClN. The van der Waals surface area contributed by atoms with Crippen molar-refractivity contribution in [3.05, 3.63) is 34.9 Å². The van der Waals surface area contributed by atoms with E-state index in [1.165, 1.54) is 6.92 Å². The maximum absolute atomic E-state index is 7.32. The number of nitrogens with zero attached hydrogens (tertiary/aromatic N) is 1. The normalized spacial score (nSPS) is 7.45. The molecule has 0 amide bonds. The second-order valence-electron chi connectivity index (χ2n) is 1.97. The number of rotatable bonds is 0. The summed E-state index contributed by atoms with van der Waals surface area (Å²) in [6.45, 7) is 3.42. The molecule has 2 heteroatoms. The molecule has 0 fully saturated rings. The van der Waals surface area contributed by atoms with Gasteiger partial charge in [0.15, 0.2) is 0 Å². The second kappa shape index (κ2) is 5.76. The Bertz CT molecular complexity index is 229. The fourth-order valence-electron chi connectivity index (χ4n) is 0.551. The molecule has 11 heavy (non-hydrogen) atoms. The zero-order valence-electron chi connectivity index (χ0n) is 6.63. The van der Waals surface area contributed by atoms with Crippen molar-refractivity contribution in [3.8, 4) is 6.07 Å². The Kier molecular flexibility index (Phi) is 5.24. The van der Waals surface area contributed by atoms with Crippen molar-refractivity contribution in [2.45, 2.75) is 13.8 Å². The first-order chi connectivity index (χ1) is 5.22. The molecule has 1 nitrogen and oxygen atoms in total. The maximum atomic E-state index is 7.32. The number of benzene rings is 1. The first kappa shape index (κ1) is 10.0. The molecule has 1 rings (SSSR count). The van der Waals surface area contributed by atoms with Gasteiger partial charge in [-0.05, 0) is 18.6 Å². The SMILES string of the molecule is CC#N.Cc1ccccc1Cl. The predicted molar refractivity (Wildman–Crippen MR) is 47.5 cm³/mol. The fourth-order valence-corrected chi connectivity index (χ4v) is 0.687. The Balaban J connectivity index is 0.000000292. The largest absolute Gasteiger partial charge is 0.199 e. The van der Waals surface area contributed by atoms with Crippen LogP contribution in [0.15, 0.2) is 24.3 Å². The van der Waals surface area contributed by atoms with Crippen molar-refractivity contribution in [2.75, 3.05) is 0 Å². The van der Waals surface area contributed by atoms with E-state index in [0.29, 0.717) is 0 Å². The van der Waals surface area contributed by atoms with Crippen molar-refractivity contribution in [1.82, 2.24) is 0 Å². The third-order valence-electron chi connectivity index (χ3n) is 1.08. The Hall–Kier alpha value is -1.00. The van der Waals surface area contributed by atoms with E-state index in [4.69, 9.17) is 16.9 Å². The molecule has 1 aromatic carbocycles. The third kappa shape index (κ3) is 4.41. The van der Waals surface area contributed by atoms with Crippen LogP contribution in [0.1, 0.15) is 12.5 Å². The van der Waals surface area contributed by atoms with Gasteiger partial charge in [-0.25, -0.2) is 0 Å². The Labute approximate surface area is 72.2 Å². The molecule has 0 saturated heterocycles. The van der Waals surface area contributed by atoms with Crippen LogP contribution in [0.3, 0.4) is 0 Å². The molecule has 0 saturated carbocycles. The van der Waals surface area contributed by atoms with E-state index in [1.807, 2.05) is 31.2 Å². The molecule has 0 atom stereocenters. The minimum absolute atomic E-state index is 0.840. The van der Waals surface area contributed by atoms with E-state index >= 15 is 0 Å². The lowest BCUT2D eigenvalue weighted by molar-refractivity contribution is 1.47. The Morgan fingerprint density at radius 2 is 1.82 bits per heavy atom. The van der Waals surface area contributed by atoms with Crippen LogP contribution in [0.5, 0.6) is 0 Å². The summed E-state index contributed by atoms with van der Waals surface area (Å²) in [4.78, 5) is 0. The summed E-state index contributed by atoms with van der Waals surface area (Å²) in [6, 6.07) is 9.52. The van der Waals surface area contributed by atoms with Crippen LogP contribution >= 0.6 is 11.6 Å². The molecule has 58 valence electrons. The lowest BCUT2D eigenvalue weighted by Crippen LogP contribution is -1.68. The van der Waals surface area contributed by atoms with E-state index in [9.17, 15) is 0 Å². The van der Waals surface area contributed by atoms with Crippen LogP contribution in [-0.2, 0) is 0 Å². The van der Waals surface area contributed by atoms with Crippen LogP contribution in [0, 0.1) is 18.3 Å². The van der Waals surface area contributed by atoms with E-state index in [-0.39, 0.29) is 0 Å². The van der Waals surface area contributed by atoms with Gasteiger partial charge in [0.05, 0.1) is 6.07 Å². The van der Waals surface area contributed by atoms with Gasteiger partial charge in [-0.2, -0.15) is 5.26 Å². The fraction of sp³-hybridized carbons (Fsp3) is 0.222. The van der Waals surface area contributed by atoms with E-state index in [2.05, 4.69) is 0 Å². The van der Waals surface area contributed by atoms with Gasteiger partial charge in [0, 0.05) is 11.9 Å². The Morgan fingerprint density at radius 3 is 2.09 bits per heavy atom. The van der Waals surface area contributed by atoms with Gasteiger partial charge in [0.25, 0.3) is 0 Å². The molecule has 0 bridgehead atoms. The quantitative estimate of drug-likeness (QED) is 0.582. The average molecular weight is 168 g/mol. The van der Waals surface area contributed by atoms with Crippen molar-refractivity contribution < 1.29 is 0 Å². The first-order valence-corrected chi connectivity index (χ1v) is 3.62. The van der Waals surface area contributed by atoms with Gasteiger partial charge in [-0.3, -0.25) is 0 Å². The van der Waals surface area contributed by atoms with Crippen LogP contribution in [0.4, 0.5) is 0 Å². The zero-order chi connectivity index (χ0) is 8.69. The zero-order valence-corrected chi connectivity index (χ0v) is 7.39. The molecule has 1 aromatic rings. The van der Waals surface area contributed by atoms with Gasteiger partial charge in [0.1, 0.15) is 0 Å². The standard InChI is InChI=1S/C7H7Cl.C2H3N/c1-6-4-2-3-5-7(6)8;1-2-3/h2-5H,1H3;1H3. The average Bonchev–Trinajstić information content (AvgIpc) is 1.97. The summed E-state index contributed by atoms with van der Waals surface area (Å²) in [6.07, 6.45) is 0. The molecule has 0 aromatic heterocycles. The maximum Gasteiger partial charge on any atom is 0.0587 e. The molecule has 0 aliphatic rings. The predicted octanol–water partition coefficient (Wildman–Crippen LogP) is 3.18. The summed E-state index contributed by atoms with van der Waals surface area (Å²) < 4.78 is 0. The molecule has 0 unspecified atom stereocenters. The number of hydrogen-bond donors (Lipinski definition) is 0. The minimum atomic E-state index is 0.840. The number of halogens is 1. The minimum Gasteiger partial charge on any atom is -0.199 e. The molecule has 0 aliphatic heterocycles. The van der Waals surface area contributed by atoms with E-state index in [1.54, 1.807) is 6.07 Å². The van der Waals surface area contributed by atoms with Gasteiger partial charge in [-0.1, -0.05) is 29.8 Å². The molecule has 0 spiro atoms. The Morgan fingerprint density at radius 1 is 1.36 bits per heavy atom. The van der Waals surface area contributed by atoms with Crippen LogP contribution in [0.25, 0.3) is 0 Å². The van der Waals surface area contributed by atoms with Crippen LogP contribution in [-0.4, -0.2) is 0 Å². The van der Waals surface area contributed by atoms with Gasteiger partial charge >= 0.3 is 0 Å². The smallest absolute Gasteiger partial charge is 0.0587 e. The summed E-state index contributed by atoms with van der Waals surface area (Å²) in [5.74, 6) is 0. The highest BCUT2D eigenvalue weighted by Gasteiger charge is 1.86. The number of nitriles is 1. The van der Waals surface area contributed by atoms with Gasteiger partial charge in [-0.15, -0.1) is 0 Å². The van der Waals surface area contributed by atoms with E-state index in [0.717, 1.165) is 10.6 Å². The first-order valence-electron chi connectivity index (χ1n) is 3.24. The second-order valence-corrected chi connectivity index (χ2v) is 2.38. The van der Waals surface area contributed by atoms with Crippen molar-refractivity contribution in [1.29, 1.82) is 5.26 Å². The number of aryl methyl sites for hydroxylation is 1. The van der Waals surface area contributed by atoms with Gasteiger partial charge < -0.3 is 0 Å². The lowest BCUT2D eigenvalue weighted by Gasteiger charge is -1.90. The summed E-state index contributed by atoms with van der Waals surface area (Å²) >= 11 is 5.71. The highest BCUT2D eigenvalue weighted by atomic mass is 35.5. The molecule has 0 N–H and O–H groups in total. The molecule has 0 radical (unpaired) electrons. The summed E-state index contributed by atoms with van der Waals surface area (Å²) in [5.41, 5.74) is 1.13. The van der Waals surface area contributed by atoms with Crippen molar-refractivity contribution >= 4 is 11.6 Å². The molecule has 0 heterocycles. The summed E-state index contributed by atoms with van der Waals surface area (Å²) in [7, 11) is 0. The van der Waals surface area contributed by atoms with Crippen LogP contribution < -0.4 is 0 Å². The van der Waals surface area contributed by atoms with Gasteiger partial charge in [0.2, 0.25) is 0 Å². The number of hydrogen-bond acceptors (Lipinski definition) is 1. The van der Waals surface area contributed by atoms with Crippen molar-refractivity contribution in [2.24, 2.45) is 0 Å². The molecular weight excluding hydrogens is 158 g/mol. The third-order valence-corrected chi connectivity index (χ3v) is 1.50. The monoisotopic (exact) mass is 167 g/mol. The van der Waals surface area contributed by atoms with Crippen molar-refractivity contribution in [3.63, 3.8) is 0 Å². The van der Waals surface area contributed by atoms with Crippen LogP contribution in [0.2, 0.25) is 5.02 Å². The highest BCUT2D eigenvalue weighted by molar-refractivity contribution is 6.31. The molecule has 0 aliphatic carbocycles. The van der Waals surface area contributed by atoms with E-state index < -0.39 is 0 Å². The lowest BCUT2D eigenvalue weighted by atomic mass is 10.2. The summed E-state index contributed by atoms with van der Waals surface area (Å²) in [5, 5.41) is 8.16. The topological polar surface area (TPSA) is 23.8 Å².